The van der Waals surface area contributed by atoms with Crippen LogP contribution in [0.5, 0.6) is 5.75 Å². The van der Waals surface area contributed by atoms with E-state index in [0.717, 1.165) is 37.5 Å². The molecule has 0 radical (unpaired) electrons. The van der Waals surface area contributed by atoms with E-state index in [1.54, 1.807) is 7.11 Å². The third kappa shape index (κ3) is 4.24. The normalized spacial score (nSPS) is 15.3. The van der Waals surface area contributed by atoms with E-state index in [-0.39, 0.29) is 0 Å². The molecule has 122 valence electrons. The molecule has 0 fully saturated rings. The first kappa shape index (κ1) is 15.8. The molecule has 3 rings (SSSR count). The lowest BCUT2D eigenvalue weighted by molar-refractivity contribution is 0.264. The van der Waals surface area contributed by atoms with Crippen molar-refractivity contribution in [1.82, 2.24) is 4.90 Å². The van der Waals surface area contributed by atoms with E-state index in [4.69, 9.17) is 10.5 Å². The van der Waals surface area contributed by atoms with E-state index < -0.39 is 0 Å². The van der Waals surface area contributed by atoms with Gasteiger partial charge in [-0.05, 0) is 47.7 Å². The molecule has 3 N–H and O–H groups in total. The van der Waals surface area contributed by atoms with Crippen LogP contribution in [0.4, 0.5) is 5.69 Å². The highest BCUT2D eigenvalue weighted by Gasteiger charge is 2.16. The van der Waals surface area contributed by atoms with Crippen LogP contribution < -0.4 is 15.8 Å². The van der Waals surface area contributed by atoms with Crippen LogP contribution in [0.3, 0.4) is 0 Å². The van der Waals surface area contributed by atoms with Crippen molar-refractivity contribution in [2.75, 3.05) is 32.1 Å². The monoisotopic (exact) mass is 330 g/mol. The predicted molar refractivity (Wildman–Crippen MR) is 96.4 cm³/mol. The number of guanidine groups is 1. The Morgan fingerprint density at radius 2 is 2.17 bits per heavy atom. The molecule has 0 saturated heterocycles. The summed E-state index contributed by atoms with van der Waals surface area (Å²) in [7, 11) is 1.65. The minimum absolute atomic E-state index is 0.448. The molecule has 0 bridgehead atoms. The zero-order chi connectivity index (χ0) is 16.1. The summed E-state index contributed by atoms with van der Waals surface area (Å²) in [6.07, 6.45) is 1.15. The molecule has 0 spiro atoms. The number of nitrogens with one attached hydrogen (secondary N) is 1. The van der Waals surface area contributed by atoms with Gasteiger partial charge in [-0.15, -0.1) is 11.3 Å². The SMILES string of the molecule is COc1ccc(NC(N)=NCCN2CCc3sccc3C2)cc1. The highest BCUT2D eigenvalue weighted by molar-refractivity contribution is 7.10. The van der Waals surface area contributed by atoms with Gasteiger partial charge in [0.15, 0.2) is 5.96 Å². The quantitative estimate of drug-likeness (QED) is 0.653. The molecule has 6 heteroatoms. The van der Waals surface area contributed by atoms with Crippen molar-refractivity contribution in [3.05, 3.63) is 46.2 Å². The van der Waals surface area contributed by atoms with Crippen LogP contribution in [0.2, 0.25) is 0 Å². The van der Waals surface area contributed by atoms with Gasteiger partial charge >= 0.3 is 0 Å². The van der Waals surface area contributed by atoms with Gasteiger partial charge in [-0.25, -0.2) is 0 Å². The Kier molecular flexibility index (Phi) is 5.15. The maximum Gasteiger partial charge on any atom is 0.193 e. The number of hydrogen-bond donors (Lipinski definition) is 2. The van der Waals surface area contributed by atoms with Crippen molar-refractivity contribution in [2.45, 2.75) is 13.0 Å². The van der Waals surface area contributed by atoms with Gasteiger partial charge in [0.1, 0.15) is 5.75 Å². The summed E-state index contributed by atoms with van der Waals surface area (Å²) in [6.45, 7) is 3.77. The summed E-state index contributed by atoms with van der Waals surface area (Å²) >= 11 is 1.87. The van der Waals surface area contributed by atoms with Crippen molar-refractivity contribution >= 4 is 23.0 Å². The predicted octanol–water partition coefficient (Wildman–Crippen LogP) is 2.54. The average Bonchev–Trinajstić information content (AvgIpc) is 3.03. The van der Waals surface area contributed by atoms with Crippen LogP contribution in [0.1, 0.15) is 10.4 Å². The summed E-state index contributed by atoms with van der Waals surface area (Å²) < 4.78 is 5.13. The highest BCUT2D eigenvalue weighted by Crippen LogP contribution is 2.23. The minimum atomic E-state index is 0.448. The number of nitrogens with zero attached hydrogens (tertiary/aromatic N) is 2. The second-order valence-electron chi connectivity index (χ2n) is 5.52. The molecular formula is C17H22N4OS. The first-order chi connectivity index (χ1) is 11.2. The number of anilines is 1. The molecule has 1 aliphatic heterocycles. The fraction of sp³-hybridized carbons (Fsp3) is 0.353. The number of fused-ring (bicyclic) bond motifs is 1. The molecular weight excluding hydrogens is 308 g/mol. The molecule has 0 atom stereocenters. The molecule has 2 heterocycles. The third-order valence-electron chi connectivity index (χ3n) is 3.95. The Hall–Kier alpha value is -2.05. The molecule has 0 amide bonds. The lowest BCUT2D eigenvalue weighted by Gasteiger charge is -2.26. The third-order valence-corrected chi connectivity index (χ3v) is 4.97. The molecule has 0 unspecified atom stereocenters. The van der Waals surface area contributed by atoms with Gasteiger partial charge < -0.3 is 15.8 Å². The Morgan fingerprint density at radius 3 is 2.96 bits per heavy atom. The molecule has 23 heavy (non-hydrogen) atoms. The van der Waals surface area contributed by atoms with Crippen LogP contribution in [0, 0.1) is 0 Å². The number of hydrogen-bond acceptors (Lipinski definition) is 4. The second-order valence-corrected chi connectivity index (χ2v) is 6.52. The first-order valence-corrected chi connectivity index (χ1v) is 8.61. The lowest BCUT2D eigenvalue weighted by Crippen LogP contribution is -2.32. The van der Waals surface area contributed by atoms with Crippen LogP contribution in [-0.4, -0.2) is 37.6 Å². The molecule has 1 aromatic heterocycles. The Morgan fingerprint density at radius 1 is 1.35 bits per heavy atom. The summed E-state index contributed by atoms with van der Waals surface area (Å²) in [5, 5.41) is 5.28. The van der Waals surface area contributed by atoms with Crippen molar-refractivity contribution < 1.29 is 4.74 Å². The van der Waals surface area contributed by atoms with E-state index in [1.807, 2.05) is 35.6 Å². The van der Waals surface area contributed by atoms with Crippen LogP contribution in [-0.2, 0) is 13.0 Å². The average molecular weight is 330 g/mol. The maximum atomic E-state index is 5.94. The molecule has 1 aromatic carbocycles. The minimum Gasteiger partial charge on any atom is -0.497 e. The number of ether oxygens (including phenoxy) is 1. The summed E-state index contributed by atoms with van der Waals surface area (Å²) in [4.78, 5) is 8.38. The molecule has 0 saturated carbocycles. The van der Waals surface area contributed by atoms with Gasteiger partial charge in [0.05, 0.1) is 13.7 Å². The Bertz CT molecular complexity index is 665. The van der Waals surface area contributed by atoms with Crippen molar-refractivity contribution in [2.24, 2.45) is 10.7 Å². The van der Waals surface area contributed by atoms with Gasteiger partial charge in [-0.1, -0.05) is 0 Å². The van der Waals surface area contributed by atoms with Crippen molar-refractivity contribution in [3.8, 4) is 5.75 Å². The maximum absolute atomic E-state index is 5.94. The van der Waals surface area contributed by atoms with Gasteiger partial charge in [-0.2, -0.15) is 0 Å². The molecule has 5 nitrogen and oxygen atoms in total. The molecule has 2 aromatic rings. The zero-order valence-electron chi connectivity index (χ0n) is 13.3. The highest BCUT2D eigenvalue weighted by atomic mass is 32.1. The molecule has 1 aliphatic rings. The Labute approximate surface area is 140 Å². The number of rotatable bonds is 5. The van der Waals surface area contributed by atoms with Gasteiger partial charge in [0.25, 0.3) is 0 Å². The number of methoxy groups -OCH3 is 1. The number of benzene rings is 1. The topological polar surface area (TPSA) is 62.9 Å². The van der Waals surface area contributed by atoms with Crippen molar-refractivity contribution in [1.29, 1.82) is 0 Å². The summed E-state index contributed by atoms with van der Waals surface area (Å²) in [6, 6.07) is 9.85. The van der Waals surface area contributed by atoms with E-state index in [2.05, 4.69) is 26.7 Å². The van der Waals surface area contributed by atoms with Gasteiger partial charge in [0.2, 0.25) is 0 Å². The summed E-state index contributed by atoms with van der Waals surface area (Å²) in [5.41, 5.74) is 8.32. The largest absolute Gasteiger partial charge is 0.497 e. The number of thiophene rings is 1. The zero-order valence-corrected chi connectivity index (χ0v) is 14.1. The van der Waals surface area contributed by atoms with E-state index in [0.29, 0.717) is 12.5 Å². The van der Waals surface area contributed by atoms with Crippen LogP contribution in [0.25, 0.3) is 0 Å². The van der Waals surface area contributed by atoms with Crippen molar-refractivity contribution in [3.63, 3.8) is 0 Å². The second kappa shape index (κ2) is 7.48. The lowest BCUT2D eigenvalue weighted by atomic mass is 10.1. The van der Waals surface area contributed by atoms with Gasteiger partial charge in [0, 0.05) is 30.2 Å². The molecule has 0 aliphatic carbocycles. The van der Waals surface area contributed by atoms with Crippen LogP contribution in [0.15, 0.2) is 40.7 Å². The van der Waals surface area contributed by atoms with E-state index in [9.17, 15) is 0 Å². The number of nitrogens with two attached hydrogens (primary N) is 1. The van der Waals surface area contributed by atoms with E-state index in [1.165, 1.54) is 10.4 Å². The standard InChI is InChI=1S/C17H22N4OS/c1-22-15-4-2-14(3-5-15)20-17(18)19-8-10-21-9-6-16-13(12-21)7-11-23-16/h2-5,7,11H,6,8-10,12H2,1H3,(H3,18,19,20). The fourth-order valence-electron chi connectivity index (χ4n) is 2.67. The smallest absolute Gasteiger partial charge is 0.193 e. The van der Waals surface area contributed by atoms with Gasteiger partial charge in [-0.3, -0.25) is 9.89 Å². The van der Waals surface area contributed by atoms with Crippen LogP contribution >= 0.6 is 11.3 Å². The number of aliphatic imine (C=N–C) groups is 1. The fourth-order valence-corrected chi connectivity index (χ4v) is 3.56. The Balaban J connectivity index is 1.46. The van der Waals surface area contributed by atoms with E-state index >= 15 is 0 Å². The summed E-state index contributed by atoms with van der Waals surface area (Å²) in [5.74, 6) is 1.27. The first-order valence-electron chi connectivity index (χ1n) is 7.73.